The molecule has 0 aliphatic carbocycles. The molecule has 0 fully saturated rings. The predicted molar refractivity (Wildman–Crippen MR) is 40.0 cm³/mol. The van der Waals surface area contributed by atoms with Gasteiger partial charge in [0.05, 0.1) is 0 Å². The van der Waals surface area contributed by atoms with E-state index in [1.54, 1.807) is 6.20 Å². The third-order valence-electron chi connectivity index (χ3n) is 0.863. The number of aromatic nitrogens is 1. The standard InChI is InChI=1S/C5H4N.BrH.ClH.Zn/c1-2-4-6-5-3-1;;;/h1-4H;2*1H;/q;;;+1/p-1. The van der Waals surface area contributed by atoms with E-state index in [1.165, 1.54) is 0 Å². The fourth-order valence-electron chi connectivity index (χ4n) is 0.477. The van der Waals surface area contributed by atoms with Gasteiger partial charge in [-0.3, -0.25) is 0 Å². The second-order valence-electron chi connectivity index (χ2n) is 1.45. The topological polar surface area (TPSA) is 12.9 Å². The molecule has 0 unspecified atom stereocenters. The third-order valence-corrected chi connectivity index (χ3v) is 3.74. The molecule has 0 bridgehead atoms. The minimum atomic E-state index is -0.915. The first-order valence-electron chi connectivity index (χ1n) is 2.39. The number of nitrogens with zero attached hydrogens (tertiary/aromatic N) is 1. The van der Waals surface area contributed by atoms with Crippen molar-refractivity contribution in [2.45, 2.75) is 0 Å². The van der Waals surface area contributed by atoms with Gasteiger partial charge in [-0.05, 0) is 0 Å². The Kier molecular flexibility index (Phi) is 5.66. The van der Waals surface area contributed by atoms with Crippen molar-refractivity contribution in [1.29, 1.82) is 0 Å². The summed E-state index contributed by atoms with van der Waals surface area (Å²) in [7, 11) is 5.65. The van der Waals surface area contributed by atoms with E-state index in [-0.39, 0.29) is 17.0 Å². The van der Waals surface area contributed by atoms with Crippen molar-refractivity contribution in [3.8, 4) is 0 Å². The SMILES string of the molecule is Br.[Cl][Zn][c]1ccccn1. The summed E-state index contributed by atoms with van der Waals surface area (Å²) >= 11 is -0.915. The molecule has 0 saturated carbocycles. The molecule has 1 aromatic heterocycles. The first-order valence-corrected chi connectivity index (χ1v) is 7.77. The fraction of sp³-hybridized carbons (Fsp3) is 0. The van der Waals surface area contributed by atoms with Gasteiger partial charge in [-0.1, -0.05) is 0 Å². The zero-order valence-corrected chi connectivity index (χ0v) is 10.2. The summed E-state index contributed by atoms with van der Waals surface area (Å²) in [5.74, 6) is 0. The molecule has 4 heteroatoms. The van der Waals surface area contributed by atoms with E-state index in [9.17, 15) is 0 Å². The molecule has 0 aliphatic heterocycles. The summed E-state index contributed by atoms with van der Waals surface area (Å²) in [6, 6.07) is 5.85. The van der Waals surface area contributed by atoms with Crippen molar-refractivity contribution in [3.63, 3.8) is 0 Å². The molecule has 0 aromatic carbocycles. The Morgan fingerprint density at radius 3 is 2.56 bits per heavy atom. The number of pyridine rings is 1. The number of hydrogen-bond donors (Lipinski definition) is 0. The van der Waals surface area contributed by atoms with Gasteiger partial charge in [0.2, 0.25) is 0 Å². The molecule has 0 atom stereocenters. The molecule has 0 aliphatic rings. The summed E-state index contributed by atoms with van der Waals surface area (Å²) in [6.45, 7) is 0. The maximum atomic E-state index is 5.65. The molecule has 0 radical (unpaired) electrons. The summed E-state index contributed by atoms with van der Waals surface area (Å²) in [5, 5.41) is 0. The van der Waals surface area contributed by atoms with E-state index < -0.39 is 16.1 Å². The second kappa shape index (κ2) is 5.34. The Morgan fingerprint density at radius 1 is 1.44 bits per heavy atom. The number of hydrogen-bond acceptors (Lipinski definition) is 1. The quantitative estimate of drug-likeness (QED) is 0.697. The van der Waals surface area contributed by atoms with Gasteiger partial charge in [0.1, 0.15) is 0 Å². The Hall–Kier alpha value is 0.543. The molecule has 1 heterocycles. The van der Waals surface area contributed by atoms with Gasteiger partial charge in [-0.25, -0.2) is 0 Å². The van der Waals surface area contributed by atoms with Crippen molar-refractivity contribution >= 4 is 31.0 Å². The van der Waals surface area contributed by atoms with Crippen LogP contribution >= 0.6 is 26.7 Å². The van der Waals surface area contributed by atoms with E-state index in [4.69, 9.17) is 9.69 Å². The van der Waals surface area contributed by atoms with E-state index in [2.05, 4.69) is 4.98 Å². The molecular formula is C5H5BrClNZn. The van der Waals surface area contributed by atoms with Crippen LogP contribution in [0, 0.1) is 0 Å². The van der Waals surface area contributed by atoms with Gasteiger partial charge in [0, 0.05) is 0 Å². The summed E-state index contributed by atoms with van der Waals surface area (Å²) in [4.78, 5) is 4.05. The van der Waals surface area contributed by atoms with E-state index >= 15 is 0 Å². The summed E-state index contributed by atoms with van der Waals surface area (Å²) in [6.07, 6.45) is 1.78. The van der Waals surface area contributed by atoms with Crippen LogP contribution in [0.2, 0.25) is 0 Å². The van der Waals surface area contributed by atoms with Gasteiger partial charge in [-0.15, -0.1) is 17.0 Å². The normalized spacial score (nSPS) is 7.22. The van der Waals surface area contributed by atoms with Crippen molar-refractivity contribution in [2.75, 3.05) is 0 Å². The minimum absolute atomic E-state index is 0. The molecule has 1 rings (SSSR count). The maximum absolute atomic E-state index is 5.65. The van der Waals surface area contributed by atoms with Crippen LogP contribution in [0.1, 0.15) is 0 Å². The van der Waals surface area contributed by atoms with E-state index in [0.29, 0.717) is 0 Å². The van der Waals surface area contributed by atoms with E-state index in [0.717, 1.165) is 4.29 Å². The molecule has 0 saturated heterocycles. The van der Waals surface area contributed by atoms with Gasteiger partial charge in [0.25, 0.3) is 0 Å². The van der Waals surface area contributed by atoms with Gasteiger partial charge >= 0.3 is 59.5 Å². The number of rotatable bonds is 1. The van der Waals surface area contributed by atoms with Gasteiger partial charge < -0.3 is 0 Å². The molecule has 0 amide bonds. The van der Waals surface area contributed by atoms with E-state index in [1.807, 2.05) is 18.2 Å². The van der Waals surface area contributed by atoms with Gasteiger partial charge in [0.15, 0.2) is 0 Å². The molecular weight excluding hydrogens is 255 g/mol. The average molecular weight is 260 g/mol. The Bertz CT molecular complexity index is 158. The van der Waals surface area contributed by atoms with Crippen LogP contribution in [0.25, 0.3) is 0 Å². The van der Waals surface area contributed by atoms with Crippen LogP contribution in [0.5, 0.6) is 0 Å². The first kappa shape index (κ1) is 9.54. The average Bonchev–Trinajstić information content (AvgIpc) is 1.90. The molecule has 0 N–H and O–H groups in total. The molecule has 0 spiro atoms. The number of halogens is 2. The second-order valence-corrected chi connectivity index (χ2v) is 4.92. The van der Waals surface area contributed by atoms with Crippen molar-refractivity contribution in [2.24, 2.45) is 0 Å². The molecule has 1 nitrogen and oxygen atoms in total. The molecule has 9 heavy (non-hydrogen) atoms. The third kappa shape index (κ3) is 3.29. The van der Waals surface area contributed by atoms with Crippen LogP contribution in [0.3, 0.4) is 0 Å². The van der Waals surface area contributed by atoms with Crippen LogP contribution in [0.4, 0.5) is 0 Å². The zero-order valence-electron chi connectivity index (χ0n) is 4.75. The Morgan fingerprint density at radius 2 is 2.22 bits per heavy atom. The zero-order chi connectivity index (χ0) is 5.82. The summed E-state index contributed by atoms with van der Waals surface area (Å²) < 4.78 is 1.11. The predicted octanol–water partition coefficient (Wildman–Crippen LogP) is 1.52. The van der Waals surface area contributed by atoms with Crippen LogP contribution in [-0.4, -0.2) is 4.98 Å². The Labute approximate surface area is 76.2 Å². The molecule has 46 valence electrons. The monoisotopic (exact) mass is 257 g/mol. The first-order chi connectivity index (χ1) is 3.93. The Balaban J connectivity index is 0.000000640. The van der Waals surface area contributed by atoms with Crippen LogP contribution in [-0.2, 0) is 16.1 Å². The summed E-state index contributed by atoms with van der Waals surface area (Å²) in [5.41, 5.74) is 0. The van der Waals surface area contributed by atoms with Crippen LogP contribution in [0.15, 0.2) is 24.4 Å². The van der Waals surface area contributed by atoms with Crippen molar-refractivity contribution in [1.82, 2.24) is 4.98 Å². The van der Waals surface area contributed by atoms with Crippen molar-refractivity contribution < 1.29 is 16.1 Å². The molecule has 1 aromatic rings. The fourth-order valence-corrected chi connectivity index (χ4v) is 2.14. The van der Waals surface area contributed by atoms with Crippen molar-refractivity contribution in [3.05, 3.63) is 24.4 Å². The van der Waals surface area contributed by atoms with Gasteiger partial charge in [-0.2, -0.15) is 0 Å². The van der Waals surface area contributed by atoms with Crippen LogP contribution < -0.4 is 4.29 Å².